The quantitative estimate of drug-likeness (QED) is 0.861. The Labute approximate surface area is 110 Å². The Balaban J connectivity index is 1.79. The zero-order chi connectivity index (χ0) is 12.8. The van der Waals surface area contributed by atoms with E-state index in [0.29, 0.717) is 12.1 Å². The van der Waals surface area contributed by atoms with Gasteiger partial charge in [0.15, 0.2) is 0 Å². The highest BCUT2D eigenvalue weighted by molar-refractivity contribution is 5.14. The number of hydrogen-bond acceptors (Lipinski definition) is 3. The van der Waals surface area contributed by atoms with Crippen LogP contribution in [0.3, 0.4) is 0 Å². The predicted molar refractivity (Wildman–Crippen MR) is 74.6 cm³/mol. The highest BCUT2D eigenvalue weighted by Crippen LogP contribution is 2.08. The van der Waals surface area contributed by atoms with Crippen molar-refractivity contribution in [3.8, 4) is 0 Å². The summed E-state index contributed by atoms with van der Waals surface area (Å²) in [5.74, 6) is 0. The standard InChI is InChI=1S/C15H24N2O/c1-13(2)18-12-15-11-17(9-8-16-15)10-14-6-4-3-5-7-14/h3-7,13,15-16H,8-12H2,1-2H3/t15-/m1/s1. The second-order valence-electron chi connectivity index (χ2n) is 5.25. The van der Waals surface area contributed by atoms with Gasteiger partial charge in [-0.05, 0) is 19.4 Å². The van der Waals surface area contributed by atoms with Crippen LogP contribution >= 0.6 is 0 Å². The van der Waals surface area contributed by atoms with Crippen LogP contribution in [0.15, 0.2) is 30.3 Å². The van der Waals surface area contributed by atoms with Crippen LogP contribution < -0.4 is 5.32 Å². The van der Waals surface area contributed by atoms with Gasteiger partial charge in [0.1, 0.15) is 0 Å². The fraction of sp³-hybridized carbons (Fsp3) is 0.600. The molecule has 18 heavy (non-hydrogen) atoms. The van der Waals surface area contributed by atoms with Gasteiger partial charge in [0.25, 0.3) is 0 Å². The molecule has 1 aliphatic heterocycles. The minimum atomic E-state index is 0.316. The van der Waals surface area contributed by atoms with Gasteiger partial charge in [-0.2, -0.15) is 0 Å². The van der Waals surface area contributed by atoms with Crippen LogP contribution in [-0.4, -0.2) is 43.3 Å². The molecule has 0 aliphatic carbocycles. The summed E-state index contributed by atoms with van der Waals surface area (Å²) in [5.41, 5.74) is 1.39. The van der Waals surface area contributed by atoms with Gasteiger partial charge in [-0.3, -0.25) is 4.90 Å². The molecule has 1 aromatic rings. The number of hydrogen-bond donors (Lipinski definition) is 1. The zero-order valence-corrected chi connectivity index (χ0v) is 11.4. The van der Waals surface area contributed by atoms with E-state index in [-0.39, 0.29) is 0 Å². The van der Waals surface area contributed by atoms with Crippen molar-refractivity contribution in [2.24, 2.45) is 0 Å². The molecule has 1 fully saturated rings. The Kier molecular flexibility index (Phi) is 5.17. The van der Waals surface area contributed by atoms with Crippen molar-refractivity contribution < 1.29 is 4.74 Å². The van der Waals surface area contributed by atoms with E-state index in [0.717, 1.165) is 32.8 Å². The first-order valence-electron chi connectivity index (χ1n) is 6.85. The summed E-state index contributed by atoms with van der Waals surface area (Å²) in [6, 6.07) is 11.1. The molecule has 1 atom stereocenters. The molecule has 0 aromatic heterocycles. The molecule has 100 valence electrons. The molecule has 0 amide bonds. The maximum Gasteiger partial charge on any atom is 0.0635 e. The van der Waals surface area contributed by atoms with Crippen LogP contribution in [0.25, 0.3) is 0 Å². The lowest BCUT2D eigenvalue weighted by atomic mass is 10.1. The smallest absolute Gasteiger partial charge is 0.0635 e. The topological polar surface area (TPSA) is 24.5 Å². The second kappa shape index (κ2) is 6.88. The maximum absolute atomic E-state index is 5.69. The molecule has 0 unspecified atom stereocenters. The lowest BCUT2D eigenvalue weighted by Gasteiger charge is -2.33. The Bertz CT molecular complexity index is 340. The first kappa shape index (κ1) is 13.5. The molecule has 1 heterocycles. The van der Waals surface area contributed by atoms with Gasteiger partial charge in [-0.15, -0.1) is 0 Å². The normalized spacial score (nSPS) is 21.4. The van der Waals surface area contributed by atoms with Crippen LogP contribution in [0.2, 0.25) is 0 Å². The second-order valence-corrected chi connectivity index (χ2v) is 5.25. The average Bonchev–Trinajstić information content (AvgIpc) is 2.38. The minimum Gasteiger partial charge on any atom is -0.377 e. The maximum atomic E-state index is 5.69. The molecule has 1 aromatic carbocycles. The Morgan fingerprint density at radius 1 is 1.33 bits per heavy atom. The minimum absolute atomic E-state index is 0.316. The summed E-state index contributed by atoms with van der Waals surface area (Å²) >= 11 is 0. The number of piperazine rings is 1. The molecule has 3 nitrogen and oxygen atoms in total. The SMILES string of the molecule is CC(C)OC[C@H]1CN(Cc2ccccc2)CCN1. The van der Waals surface area contributed by atoms with E-state index in [4.69, 9.17) is 4.74 Å². The summed E-state index contributed by atoms with van der Waals surface area (Å²) in [5, 5.41) is 3.52. The monoisotopic (exact) mass is 248 g/mol. The number of nitrogens with zero attached hydrogens (tertiary/aromatic N) is 1. The van der Waals surface area contributed by atoms with Crippen molar-refractivity contribution in [3.05, 3.63) is 35.9 Å². The summed E-state index contributed by atoms with van der Waals surface area (Å²) in [7, 11) is 0. The van der Waals surface area contributed by atoms with E-state index in [9.17, 15) is 0 Å². The van der Waals surface area contributed by atoms with Crippen LogP contribution in [-0.2, 0) is 11.3 Å². The fourth-order valence-corrected chi connectivity index (χ4v) is 2.30. The van der Waals surface area contributed by atoms with Gasteiger partial charge >= 0.3 is 0 Å². The van der Waals surface area contributed by atoms with Gasteiger partial charge in [0.2, 0.25) is 0 Å². The predicted octanol–water partition coefficient (Wildman–Crippen LogP) is 1.89. The highest BCUT2D eigenvalue weighted by Gasteiger charge is 2.19. The van der Waals surface area contributed by atoms with Crippen molar-refractivity contribution in [2.75, 3.05) is 26.2 Å². The van der Waals surface area contributed by atoms with Crippen molar-refractivity contribution >= 4 is 0 Å². The fourth-order valence-electron chi connectivity index (χ4n) is 2.30. The van der Waals surface area contributed by atoms with Crippen molar-refractivity contribution in [3.63, 3.8) is 0 Å². The molecule has 0 saturated carbocycles. The number of ether oxygens (including phenoxy) is 1. The zero-order valence-electron chi connectivity index (χ0n) is 11.4. The van der Waals surface area contributed by atoms with E-state index in [1.165, 1.54) is 5.56 Å². The van der Waals surface area contributed by atoms with E-state index < -0.39 is 0 Å². The van der Waals surface area contributed by atoms with Crippen molar-refractivity contribution in [1.82, 2.24) is 10.2 Å². The first-order valence-corrected chi connectivity index (χ1v) is 6.85. The molecule has 0 radical (unpaired) electrons. The average molecular weight is 248 g/mol. The molecule has 1 aliphatic rings. The number of benzene rings is 1. The molecule has 3 heteroatoms. The highest BCUT2D eigenvalue weighted by atomic mass is 16.5. The third kappa shape index (κ3) is 4.41. The van der Waals surface area contributed by atoms with E-state index >= 15 is 0 Å². The van der Waals surface area contributed by atoms with Gasteiger partial charge < -0.3 is 10.1 Å². The molecule has 1 N–H and O–H groups in total. The molecule has 1 saturated heterocycles. The van der Waals surface area contributed by atoms with Crippen molar-refractivity contribution in [2.45, 2.75) is 32.5 Å². The van der Waals surface area contributed by atoms with E-state index in [1.54, 1.807) is 0 Å². The Morgan fingerprint density at radius 2 is 2.11 bits per heavy atom. The third-order valence-electron chi connectivity index (χ3n) is 3.22. The van der Waals surface area contributed by atoms with Crippen LogP contribution in [0, 0.1) is 0 Å². The summed E-state index contributed by atoms with van der Waals surface area (Å²) in [4.78, 5) is 2.50. The summed E-state index contributed by atoms with van der Waals surface area (Å²) < 4.78 is 5.69. The summed E-state index contributed by atoms with van der Waals surface area (Å²) in [6.07, 6.45) is 0.316. The number of rotatable bonds is 5. The Hall–Kier alpha value is -0.900. The van der Waals surface area contributed by atoms with Crippen LogP contribution in [0.1, 0.15) is 19.4 Å². The van der Waals surface area contributed by atoms with Gasteiger partial charge in [0.05, 0.1) is 12.7 Å². The largest absolute Gasteiger partial charge is 0.377 e. The van der Waals surface area contributed by atoms with E-state index in [1.807, 2.05) is 0 Å². The molecule has 0 spiro atoms. The van der Waals surface area contributed by atoms with Gasteiger partial charge in [-0.25, -0.2) is 0 Å². The van der Waals surface area contributed by atoms with Gasteiger partial charge in [0, 0.05) is 32.2 Å². The molecule has 2 rings (SSSR count). The third-order valence-corrected chi connectivity index (χ3v) is 3.22. The van der Waals surface area contributed by atoms with Gasteiger partial charge in [-0.1, -0.05) is 30.3 Å². The molecular formula is C15H24N2O. The lowest BCUT2D eigenvalue weighted by Crippen LogP contribution is -2.52. The van der Waals surface area contributed by atoms with E-state index in [2.05, 4.69) is 54.4 Å². The lowest BCUT2D eigenvalue weighted by molar-refractivity contribution is 0.0420. The van der Waals surface area contributed by atoms with Crippen LogP contribution in [0.5, 0.6) is 0 Å². The summed E-state index contributed by atoms with van der Waals surface area (Å²) in [6.45, 7) is 9.27. The first-order chi connectivity index (χ1) is 8.74. The number of nitrogens with one attached hydrogen (secondary N) is 1. The molecular weight excluding hydrogens is 224 g/mol. The van der Waals surface area contributed by atoms with Crippen molar-refractivity contribution in [1.29, 1.82) is 0 Å². The Morgan fingerprint density at radius 3 is 2.83 bits per heavy atom. The molecule has 0 bridgehead atoms. The van der Waals surface area contributed by atoms with Crippen LogP contribution in [0.4, 0.5) is 0 Å².